The van der Waals surface area contributed by atoms with Crippen molar-refractivity contribution in [3.63, 3.8) is 0 Å². The highest BCUT2D eigenvalue weighted by Gasteiger charge is 2.28. The molecular formula is C19H20FN9OS. The molecule has 2 heterocycles. The quantitative estimate of drug-likeness (QED) is 0.377. The van der Waals surface area contributed by atoms with E-state index in [0.717, 1.165) is 12.8 Å². The van der Waals surface area contributed by atoms with E-state index in [4.69, 9.17) is 5.73 Å². The summed E-state index contributed by atoms with van der Waals surface area (Å²) >= 11 is 1.31. The number of nitrogens with one attached hydrogen (secondary N) is 1. The number of tetrazole rings is 1. The van der Waals surface area contributed by atoms with Gasteiger partial charge in [-0.15, -0.1) is 5.10 Å². The maximum Gasteiger partial charge on any atom is 0.230 e. The highest BCUT2D eigenvalue weighted by Crippen LogP contribution is 2.36. The van der Waals surface area contributed by atoms with Gasteiger partial charge < -0.3 is 11.1 Å². The van der Waals surface area contributed by atoms with E-state index in [2.05, 4.69) is 32.0 Å². The minimum absolute atomic E-state index is 0.118. The summed E-state index contributed by atoms with van der Waals surface area (Å²) < 4.78 is 16.3. The van der Waals surface area contributed by atoms with Crippen LogP contribution in [0.15, 0.2) is 29.4 Å². The van der Waals surface area contributed by atoms with Crippen LogP contribution >= 0.6 is 11.8 Å². The largest absolute Gasteiger partial charge is 0.382 e. The van der Waals surface area contributed by atoms with Crippen molar-refractivity contribution in [3.05, 3.63) is 41.3 Å². The number of anilines is 1. The molecule has 0 radical (unpaired) electrons. The van der Waals surface area contributed by atoms with E-state index >= 15 is 0 Å². The van der Waals surface area contributed by atoms with Gasteiger partial charge in [-0.1, -0.05) is 11.8 Å². The number of hydrogen-bond donors (Lipinski definition) is 2. The average Bonchev–Trinajstić information content (AvgIpc) is 3.42. The number of nitrogen functional groups attached to an aromatic ring is 1. The zero-order valence-electron chi connectivity index (χ0n) is 16.5. The summed E-state index contributed by atoms with van der Waals surface area (Å²) in [5.74, 6) is -0.0545. The third kappa shape index (κ3) is 4.83. The van der Waals surface area contributed by atoms with Crippen LogP contribution in [0.2, 0.25) is 0 Å². The fourth-order valence-electron chi connectivity index (χ4n) is 3.05. The highest BCUT2D eigenvalue weighted by molar-refractivity contribution is 7.99. The molecule has 160 valence electrons. The molecule has 0 atom stereocenters. The number of amides is 1. The Morgan fingerprint density at radius 2 is 2.13 bits per heavy atom. The van der Waals surface area contributed by atoms with Crippen LogP contribution in [0, 0.1) is 17.1 Å². The monoisotopic (exact) mass is 441 g/mol. The number of nitriles is 1. The van der Waals surface area contributed by atoms with Crippen molar-refractivity contribution in [2.75, 3.05) is 18.0 Å². The van der Waals surface area contributed by atoms with Crippen LogP contribution in [0.5, 0.6) is 0 Å². The predicted octanol–water partition coefficient (Wildman–Crippen LogP) is 1.63. The van der Waals surface area contributed by atoms with Crippen molar-refractivity contribution in [2.45, 2.75) is 36.9 Å². The summed E-state index contributed by atoms with van der Waals surface area (Å²) in [6.45, 7) is 0.432. The van der Waals surface area contributed by atoms with Crippen LogP contribution in [-0.2, 0) is 11.2 Å². The van der Waals surface area contributed by atoms with E-state index in [1.54, 1.807) is 16.8 Å². The predicted molar refractivity (Wildman–Crippen MR) is 111 cm³/mol. The number of aryl methyl sites for hydroxylation is 1. The Hall–Kier alpha value is -3.46. The lowest BCUT2D eigenvalue weighted by Gasteiger charge is -2.05. The Labute approximate surface area is 181 Å². The van der Waals surface area contributed by atoms with Crippen LogP contribution in [0.4, 0.5) is 10.2 Å². The number of carbonyl (C=O) groups is 1. The maximum absolute atomic E-state index is 13.2. The zero-order valence-corrected chi connectivity index (χ0v) is 17.3. The van der Waals surface area contributed by atoms with Gasteiger partial charge in [0.05, 0.1) is 23.2 Å². The second-order valence-electron chi connectivity index (χ2n) is 7.09. The maximum atomic E-state index is 13.2. The molecule has 1 fully saturated rings. The van der Waals surface area contributed by atoms with Crippen molar-refractivity contribution in [3.8, 4) is 11.8 Å². The van der Waals surface area contributed by atoms with Crippen molar-refractivity contribution >= 4 is 23.5 Å². The summed E-state index contributed by atoms with van der Waals surface area (Å²) in [6.07, 6.45) is 3.19. The summed E-state index contributed by atoms with van der Waals surface area (Å²) in [5.41, 5.74) is 7.45. The van der Waals surface area contributed by atoms with E-state index in [1.807, 2.05) is 0 Å². The van der Waals surface area contributed by atoms with E-state index in [1.165, 1.54) is 28.6 Å². The lowest BCUT2D eigenvalue weighted by molar-refractivity contribution is -0.118. The molecule has 10 nitrogen and oxygen atoms in total. The van der Waals surface area contributed by atoms with Crippen LogP contribution in [0.25, 0.3) is 5.69 Å². The first-order chi connectivity index (χ1) is 15.1. The Kier molecular flexibility index (Phi) is 6.13. The van der Waals surface area contributed by atoms with Crippen molar-refractivity contribution in [1.82, 2.24) is 35.3 Å². The molecule has 12 heteroatoms. The van der Waals surface area contributed by atoms with Crippen molar-refractivity contribution in [2.24, 2.45) is 0 Å². The summed E-state index contributed by atoms with van der Waals surface area (Å²) in [5, 5.41) is 28.9. The van der Waals surface area contributed by atoms with Gasteiger partial charge in [0.25, 0.3) is 0 Å². The minimum Gasteiger partial charge on any atom is -0.382 e. The van der Waals surface area contributed by atoms with E-state index in [9.17, 15) is 14.4 Å². The third-order valence-electron chi connectivity index (χ3n) is 4.78. The minimum atomic E-state index is -0.367. The number of hydrogen-bond acceptors (Lipinski definition) is 8. The summed E-state index contributed by atoms with van der Waals surface area (Å²) in [7, 11) is 0. The molecule has 1 amide bonds. The van der Waals surface area contributed by atoms with Crippen LogP contribution in [-0.4, -0.2) is 48.2 Å². The van der Waals surface area contributed by atoms with E-state index < -0.39 is 0 Å². The van der Waals surface area contributed by atoms with E-state index in [0.29, 0.717) is 42.0 Å². The number of halogens is 1. The first kappa shape index (κ1) is 20.8. The molecule has 0 aliphatic heterocycles. The van der Waals surface area contributed by atoms with Crippen LogP contribution < -0.4 is 11.1 Å². The van der Waals surface area contributed by atoms with Gasteiger partial charge in [0.2, 0.25) is 11.1 Å². The smallest absolute Gasteiger partial charge is 0.230 e. The Bertz CT molecular complexity index is 1110. The number of carbonyl (C=O) groups excluding carboxylic acids is 1. The number of rotatable bonds is 9. The van der Waals surface area contributed by atoms with Crippen LogP contribution in [0.1, 0.15) is 36.6 Å². The lowest BCUT2D eigenvalue weighted by atomic mass is 10.1. The molecular weight excluding hydrogens is 421 g/mol. The molecule has 3 N–H and O–H groups in total. The summed E-state index contributed by atoms with van der Waals surface area (Å²) in [6, 6.07) is 8.13. The number of nitrogens with two attached hydrogens (primary N) is 1. The SMILES string of the molecule is N#Cc1c(CCCNC(=O)CSc2nnnn2C2CC2)nn(-c2ccc(F)cc2)c1N. The first-order valence-corrected chi connectivity index (χ1v) is 10.8. The number of nitrogens with zero attached hydrogens (tertiary/aromatic N) is 7. The molecule has 0 bridgehead atoms. The second-order valence-corrected chi connectivity index (χ2v) is 8.03. The fraction of sp³-hybridized carbons (Fsp3) is 0.368. The zero-order chi connectivity index (χ0) is 21.8. The van der Waals surface area contributed by atoms with Gasteiger partial charge in [-0.2, -0.15) is 10.4 Å². The highest BCUT2D eigenvalue weighted by atomic mass is 32.2. The Morgan fingerprint density at radius 1 is 1.35 bits per heavy atom. The average molecular weight is 441 g/mol. The molecule has 1 saturated carbocycles. The van der Waals surface area contributed by atoms with Crippen molar-refractivity contribution < 1.29 is 9.18 Å². The Balaban J connectivity index is 1.28. The number of aromatic nitrogens is 6. The van der Waals surface area contributed by atoms with Crippen molar-refractivity contribution in [1.29, 1.82) is 5.26 Å². The van der Waals surface area contributed by atoms with Crippen LogP contribution in [0.3, 0.4) is 0 Å². The molecule has 2 aromatic heterocycles. The molecule has 0 saturated heterocycles. The summed E-state index contributed by atoms with van der Waals surface area (Å²) in [4.78, 5) is 12.1. The lowest BCUT2D eigenvalue weighted by Crippen LogP contribution is -2.26. The normalized spacial score (nSPS) is 13.2. The molecule has 0 unspecified atom stereocenters. The molecule has 1 aliphatic carbocycles. The van der Waals surface area contributed by atoms with Gasteiger partial charge in [-0.3, -0.25) is 4.79 Å². The van der Waals surface area contributed by atoms with E-state index in [-0.39, 0.29) is 28.9 Å². The molecule has 31 heavy (non-hydrogen) atoms. The Morgan fingerprint density at radius 3 is 2.84 bits per heavy atom. The second kappa shape index (κ2) is 9.13. The third-order valence-corrected chi connectivity index (χ3v) is 5.71. The standard InChI is InChI=1S/C19H20FN9OS/c20-12-3-5-13(6-4-12)28-18(22)15(10-21)16(25-28)2-1-9-23-17(30)11-31-19-24-26-27-29(19)14-7-8-14/h3-6,14H,1-2,7-9,11,22H2,(H,23,30). The van der Waals surface area contributed by atoms with Gasteiger partial charge in [-0.05, 0) is 60.4 Å². The number of thioether (sulfide) groups is 1. The molecule has 1 aromatic carbocycles. The fourth-order valence-corrected chi connectivity index (χ4v) is 3.82. The first-order valence-electron chi connectivity index (χ1n) is 9.77. The van der Waals surface area contributed by atoms with Gasteiger partial charge in [0, 0.05) is 6.54 Å². The molecule has 3 aromatic rings. The number of benzene rings is 1. The molecule has 4 rings (SSSR count). The van der Waals surface area contributed by atoms with Gasteiger partial charge >= 0.3 is 0 Å². The molecule has 1 aliphatic rings. The van der Waals surface area contributed by atoms with Gasteiger partial charge in [0.1, 0.15) is 23.3 Å². The molecule has 0 spiro atoms. The topological polar surface area (TPSA) is 140 Å². The van der Waals surface area contributed by atoms with Gasteiger partial charge in [0.15, 0.2) is 0 Å². The van der Waals surface area contributed by atoms with Gasteiger partial charge in [-0.25, -0.2) is 13.8 Å².